The number of rotatable bonds is 7. The number of carbonyl (C=O) groups is 2. The van der Waals surface area contributed by atoms with Crippen molar-refractivity contribution in [3.05, 3.63) is 29.8 Å². The van der Waals surface area contributed by atoms with Crippen LogP contribution in [0.4, 0.5) is 0 Å². The van der Waals surface area contributed by atoms with Crippen LogP contribution < -0.4 is 14.2 Å². The van der Waals surface area contributed by atoms with Crippen molar-refractivity contribution in [3.63, 3.8) is 0 Å². The standard InChI is InChI=1S/C18H24N2O7S/c1-25-15-7-5-12(9-16(15)26-2)6-8-17(21)20-11-13(19-28(4,23)24)10-14(20)18(22)27-3/h5-9,13-14,19H,10-11H2,1-4H3/b8-6+. The Bertz CT molecular complexity index is 867. The topological polar surface area (TPSA) is 111 Å². The zero-order chi connectivity index (χ0) is 20.9. The fourth-order valence-electron chi connectivity index (χ4n) is 3.05. The van der Waals surface area contributed by atoms with Crippen molar-refractivity contribution < 1.29 is 32.2 Å². The van der Waals surface area contributed by atoms with Crippen LogP contribution in [0.5, 0.6) is 11.5 Å². The van der Waals surface area contributed by atoms with Crippen molar-refractivity contribution in [1.29, 1.82) is 0 Å². The molecule has 2 atom stereocenters. The maximum absolute atomic E-state index is 12.6. The van der Waals surface area contributed by atoms with E-state index in [1.807, 2.05) is 0 Å². The molecule has 1 aromatic rings. The summed E-state index contributed by atoms with van der Waals surface area (Å²) in [5, 5.41) is 0. The van der Waals surface area contributed by atoms with E-state index < -0.39 is 34.0 Å². The van der Waals surface area contributed by atoms with Crippen molar-refractivity contribution in [2.45, 2.75) is 18.5 Å². The van der Waals surface area contributed by atoms with Crippen LogP contribution in [0.1, 0.15) is 12.0 Å². The number of hydrogen-bond acceptors (Lipinski definition) is 7. The molecule has 1 saturated heterocycles. The van der Waals surface area contributed by atoms with Crippen LogP contribution in [0.3, 0.4) is 0 Å². The van der Waals surface area contributed by atoms with Gasteiger partial charge in [-0.15, -0.1) is 0 Å². The van der Waals surface area contributed by atoms with Crippen molar-refractivity contribution in [2.75, 3.05) is 34.1 Å². The molecule has 0 radical (unpaired) electrons. The van der Waals surface area contributed by atoms with E-state index in [4.69, 9.17) is 14.2 Å². The minimum atomic E-state index is -3.47. The van der Waals surface area contributed by atoms with Gasteiger partial charge in [0, 0.05) is 18.7 Å². The predicted molar refractivity (Wildman–Crippen MR) is 102 cm³/mol. The van der Waals surface area contributed by atoms with Crippen LogP contribution in [0.2, 0.25) is 0 Å². The van der Waals surface area contributed by atoms with Crippen LogP contribution in [-0.4, -0.2) is 71.4 Å². The molecule has 1 amide bonds. The van der Waals surface area contributed by atoms with Crippen molar-refractivity contribution in [3.8, 4) is 11.5 Å². The van der Waals surface area contributed by atoms with Crippen LogP contribution >= 0.6 is 0 Å². The summed E-state index contributed by atoms with van der Waals surface area (Å²) >= 11 is 0. The van der Waals surface area contributed by atoms with Crippen LogP contribution in [-0.2, 0) is 24.3 Å². The molecule has 0 aromatic heterocycles. The quantitative estimate of drug-likeness (QED) is 0.510. The molecule has 1 heterocycles. The maximum atomic E-state index is 12.6. The first-order chi connectivity index (χ1) is 13.2. The molecule has 1 aromatic carbocycles. The van der Waals surface area contributed by atoms with Gasteiger partial charge in [-0.05, 0) is 30.2 Å². The van der Waals surface area contributed by atoms with E-state index in [9.17, 15) is 18.0 Å². The van der Waals surface area contributed by atoms with E-state index >= 15 is 0 Å². The van der Waals surface area contributed by atoms with E-state index in [2.05, 4.69) is 4.72 Å². The second-order valence-electron chi connectivity index (χ2n) is 6.30. The summed E-state index contributed by atoms with van der Waals surface area (Å²) in [6.45, 7) is 0.0714. The number of ether oxygens (including phenoxy) is 3. The number of likely N-dealkylation sites (tertiary alicyclic amines) is 1. The third-order valence-electron chi connectivity index (χ3n) is 4.26. The number of hydrogen-bond donors (Lipinski definition) is 1. The number of sulfonamides is 1. The predicted octanol–water partition coefficient (Wildman–Crippen LogP) is 0.409. The van der Waals surface area contributed by atoms with Gasteiger partial charge in [0.05, 0.1) is 27.6 Å². The Hall–Kier alpha value is -2.59. The van der Waals surface area contributed by atoms with Gasteiger partial charge in [-0.1, -0.05) is 6.07 Å². The second kappa shape index (κ2) is 9.07. The molecule has 0 saturated carbocycles. The SMILES string of the molecule is COC(=O)C1CC(NS(C)(=O)=O)CN1C(=O)/C=C/c1ccc(OC)c(OC)c1. The van der Waals surface area contributed by atoms with E-state index in [1.165, 1.54) is 32.3 Å². The normalized spacial score (nSPS) is 19.6. The number of esters is 1. The van der Waals surface area contributed by atoms with Gasteiger partial charge in [-0.3, -0.25) is 4.79 Å². The lowest BCUT2D eigenvalue weighted by Crippen LogP contribution is -2.41. The minimum Gasteiger partial charge on any atom is -0.493 e. The lowest BCUT2D eigenvalue weighted by atomic mass is 10.1. The molecule has 1 N–H and O–H groups in total. The highest BCUT2D eigenvalue weighted by molar-refractivity contribution is 7.88. The average molecular weight is 412 g/mol. The van der Waals surface area contributed by atoms with Gasteiger partial charge in [0.25, 0.3) is 0 Å². The van der Waals surface area contributed by atoms with Gasteiger partial charge < -0.3 is 19.1 Å². The van der Waals surface area contributed by atoms with Crippen molar-refractivity contribution in [1.82, 2.24) is 9.62 Å². The summed E-state index contributed by atoms with van der Waals surface area (Å²) in [4.78, 5) is 26.0. The Morgan fingerprint density at radius 2 is 1.86 bits per heavy atom. The Balaban J connectivity index is 2.18. The molecule has 2 rings (SSSR count). The largest absolute Gasteiger partial charge is 0.493 e. The Morgan fingerprint density at radius 1 is 1.18 bits per heavy atom. The van der Waals surface area contributed by atoms with Crippen LogP contribution in [0.25, 0.3) is 6.08 Å². The minimum absolute atomic E-state index is 0.0714. The van der Waals surface area contributed by atoms with Crippen molar-refractivity contribution >= 4 is 28.0 Å². The van der Waals surface area contributed by atoms with Crippen LogP contribution in [0.15, 0.2) is 24.3 Å². The van der Waals surface area contributed by atoms with Gasteiger partial charge in [-0.2, -0.15) is 0 Å². The third-order valence-corrected chi connectivity index (χ3v) is 5.03. The summed E-state index contributed by atoms with van der Waals surface area (Å²) in [5.74, 6) is 0.0581. The number of nitrogens with zero attached hydrogens (tertiary/aromatic N) is 1. The lowest BCUT2D eigenvalue weighted by Gasteiger charge is -2.20. The smallest absolute Gasteiger partial charge is 0.328 e. The van der Waals surface area contributed by atoms with Gasteiger partial charge in [0.2, 0.25) is 15.9 Å². The third kappa shape index (κ3) is 5.46. The van der Waals surface area contributed by atoms with Gasteiger partial charge >= 0.3 is 5.97 Å². The molecular weight excluding hydrogens is 388 g/mol. The van der Waals surface area contributed by atoms with E-state index in [0.717, 1.165) is 6.26 Å². The molecular formula is C18H24N2O7S. The number of carbonyl (C=O) groups excluding carboxylic acids is 2. The average Bonchev–Trinajstić information content (AvgIpc) is 3.07. The summed E-state index contributed by atoms with van der Waals surface area (Å²) in [6.07, 6.45) is 4.08. The van der Waals surface area contributed by atoms with Gasteiger partial charge in [0.1, 0.15) is 6.04 Å². The first-order valence-electron chi connectivity index (χ1n) is 8.44. The van der Waals surface area contributed by atoms with Crippen LogP contribution in [0, 0.1) is 0 Å². The molecule has 28 heavy (non-hydrogen) atoms. The summed E-state index contributed by atoms with van der Waals surface area (Å²) < 4.78 is 40.5. The first-order valence-corrected chi connectivity index (χ1v) is 10.3. The zero-order valence-electron chi connectivity index (χ0n) is 16.2. The number of methoxy groups -OCH3 is 3. The fourth-order valence-corrected chi connectivity index (χ4v) is 3.82. The lowest BCUT2D eigenvalue weighted by molar-refractivity contribution is -0.149. The maximum Gasteiger partial charge on any atom is 0.328 e. The van der Waals surface area contributed by atoms with E-state index in [1.54, 1.807) is 24.3 Å². The molecule has 154 valence electrons. The van der Waals surface area contributed by atoms with Gasteiger partial charge in [0.15, 0.2) is 11.5 Å². The molecule has 9 nitrogen and oxygen atoms in total. The van der Waals surface area contributed by atoms with Crippen molar-refractivity contribution in [2.24, 2.45) is 0 Å². The molecule has 1 aliphatic heterocycles. The second-order valence-corrected chi connectivity index (χ2v) is 8.08. The molecule has 1 fully saturated rings. The van der Waals surface area contributed by atoms with Gasteiger partial charge in [-0.25, -0.2) is 17.9 Å². The van der Waals surface area contributed by atoms with E-state index in [-0.39, 0.29) is 13.0 Å². The van der Waals surface area contributed by atoms with E-state index in [0.29, 0.717) is 17.1 Å². The summed E-state index contributed by atoms with van der Waals surface area (Å²) in [7, 11) is 0.795. The molecule has 0 aliphatic carbocycles. The highest BCUT2D eigenvalue weighted by Gasteiger charge is 2.40. The summed E-state index contributed by atoms with van der Waals surface area (Å²) in [5.41, 5.74) is 0.700. The summed E-state index contributed by atoms with van der Waals surface area (Å²) in [6, 6.07) is 3.76. The molecule has 1 aliphatic rings. The number of benzene rings is 1. The highest BCUT2D eigenvalue weighted by atomic mass is 32.2. The Labute approximate surface area is 164 Å². The monoisotopic (exact) mass is 412 g/mol. The zero-order valence-corrected chi connectivity index (χ0v) is 17.0. The highest BCUT2D eigenvalue weighted by Crippen LogP contribution is 2.28. The number of amides is 1. The molecule has 0 bridgehead atoms. The number of nitrogens with one attached hydrogen (secondary N) is 1. The Kier molecular flexibility index (Phi) is 7.03. The Morgan fingerprint density at radius 3 is 2.43 bits per heavy atom. The fraction of sp³-hybridized carbons (Fsp3) is 0.444. The first kappa shape index (κ1) is 21.7. The molecule has 2 unspecified atom stereocenters. The molecule has 0 spiro atoms. The molecule has 10 heteroatoms.